The Morgan fingerprint density at radius 3 is 2.50 bits per heavy atom. The molecule has 0 saturated carbocycles. The fourth-order valence-corrected chi connectivity index (χ4v) is 1.65. The number of hydrogen-bond acceptors (Lipinski definition) is 3. The number of aryl methyl sites for hydroxylation is 2. The Morgan fingerprint density at radius 1 is 1.28 bits per heavy atom. The van der Waals surface area contributed by atoms with Crippen LogP contribution in [0.1, 0.15) is 38.4 Å². The topological polar surface area (TPSA) is 50.9 Å². The van der Waals surface area contributed by atoms with Gasteiger partial charge in [0.2, 0.25) is 0 Å². The van der Waals surface area contributed by atoms with Crippen LogP contribution in [0.3, 0.4) is 0 Å². The number of aromatic hydroxyl groups is 1. The zero-order valence-corrected chi connectivity index (χ0v) is 11.5. The molecular formula is C14H21N3O. The van der Waals surface area contributed by atoms with E-state index in [9.17, 15) is 5.11 Å². The molecule has 0 unspecified atom stereocenters. The highest BCUT2D eigenvalue weighted by Gasteiger charge is 2.04. The number of phenols is 1. The van der Waals surface area contributed by atoms with Gasteiger partial charge in [-0.3, -0.25) is 0 Å². The van der Waals surface area contributed by atoms with E-state index in [1.54, 1.807) is 10.7 Å². The Morgan fingerprint density at radius 2 is 2.00 bits per heavy atom. The summed E-state index contributed by atoms with van der Waals surface area (Å²) in [5.41, 5.74) is 2.66. The number of rotatable bonds is 3. The normalized spacial score (nSPS) is 9.78. The van der Waals surface area contributed by atoms with E-state index in [-0.39, 0.29) is 0 Å². The molecule has 0 aliphatic heterocycles. The van der Waals surface area contributed by atoms with Crippen molar-refractivity contribution in [3.8, 4) is 11.4 Å². The number of nitrogens with zero attached hydrogens (tertiary/aromatic N) is 3. The van der Waals surface area contributed by atoms with Crippen LogP contribution in [0, 0.1) is 6.92 Å². The van der Waals surface area contributed by atoms with Crippen molar-refractivity contribution in [2.45, 2.75) is 40.5 Å². The molecule has 98 valence electrons. The number of benzene rings is 1. The molecule has 0 fully saturated rings. The Bertz CT molecular complexity index is 492. The van der Waals surface area contributed by atoms with Crippen molar-refractivity contribution in [3.05, 3.63) is 35.7 Å². The molecule has 4 heteroatoms. The van der Waals surface area contributed by atoms with Gasteiger partial charge in [-0.15, -0.1) is 5.10 Å². The molecule has 0 aliphatic carbocycles. The molecule has 1 aromatic heterocycles. The van der Waals surface area contributed by atoms with Crippen molar-refractivity contribution >= 4 is 0 Å². The number of hydrogen-bond donors (Lipinski definition) is 1. The van der Waals surface area contributed by atoms with Gasteiger partial charge in [0, 0.05) is 6.07 Å². The SMILES string of the molecule is CC.CCCc1ccc(-n2cc(C)nn2)cc1O. The molecular weight excluding hydrogens is 226 g/mol. The van der Waals surface area contributed by atoms with E-state index in [0.29, 0.717) is 5.75 Å². The summed E-state index contributed by atoms with van der Waals surface area (Å²) in [6, 6.07) is 5.60. The minimum atomic E-state index is 0.326. The van der Waals surface area contributed by atoms with Crippen LogP contribution < -0.4 is 0 Å². The van der Waals surface area contributed by atoms with Gasteiger partial charge in [-0.25, -0.2) is 4.68 Å². The van der Waals surface area contributed by atoms with Crippen molar-refractivity contribution in [1.82, 2.24) is 15.0 Å². The van der Waals surface area contributed by atoms with Crippen molar-refractivity contribution < 1.29 is 5.11 Å². The van der Waals surface area contributed by atoms with Crippen molar-refractivity contribution in [3.63, 3.8) is 0 Å². The van der Waals surface area contributed by atoms with Crippen LogP contribution in [0.15, 0.2) is 24.4 Å². The van der Waals surface area contributed by atoms with Crippen molar-refractivity contribution in [2.75, 3.05) is 0 Å². The summed E-state index contributed by atoms with van der Waals surface area (Å²) in [6.07, 6.45) is 3.74. The average Bonchev–Trinajstić information content (AvgIpc) is 2.81. The standard InChI is InChI=1S/C12H15N3O.C2H6/c1-3-4-10-5-6-11(7-12(10)16)15-8-9(2)13-14-15;1-2/h5-8,16H,3-4H2,1-2H3;1-2H3. The maximum atomic E-state index is 9.83. The van der Waals surface area contributed by atoms with Gasteiger partial charge >= 0.3 is 0 Å². The first-order valence-corrected chi connectivity index (χ1v) is 6.42. The van der Waals surface area contributed by atoms with E-state index in [1.165, 1.54) is 0 Å². The third-order valence-electron chi connectivity index (χ3n) is 2.46. The molecule has 1 heterocycles. The minimum absolute atomic E-state index is 0.326. The van der Waals surface area contributed by atoms with Gasteiger partial charge < -0.3 is 5.11 Å². The zero-order chi connectivity index (χ0) is 13.5. The molecule has 1 N–H and O–H groups in total. The van der Waals surface area contributed by atoms with Crippen LogP contribution >= 0.6 is 0 Å². The Balaban J connectivity index is 0.000000771. The molecule has 0 aliphatic rings. The highest BCUT2D eigenvalue weighted by atomic mass is 16.3. The molecule has 0 bridgehead atoms. The molecule has 2 aromatic rings. The minimum Gasteiger partial charge on any atom is -0.508 e. The van der Waals surface area contributed by atoms with Gasteiger partial charge in [-0.05, 0) is 25.0 Å². The first kappa shape index (κ1) is 14.2. The monoisotopic (exact) mass is 247 g/mol. The van der Waals surface area contributed by atoms with E-state index in [1.807, 2.05) is 39.1 Å². The van der Waals surface area contributed by atoms with E-state index in [2.05, 4.69) is 17.2 Å². The number of phenolic OH excluding ortho intramolecular Hbond substituents is 1. The van der Waals surface area contributed by atoms with Crippen LogP contribution in [0.5, 0.6) is 5.75 Å². The lowest BCUT2D eigenvalue weighted by Crippen LogP contribution is -1.95. The van der Waals surface area contributed by atoms with E-state index < -0.39 is 0 Å². The summed E-state index contributed by atoms with van der Waals surface area (Å²) in [6.45, 7) is 7.98. The summed E-state index contributed by atoms with van der Waals surface area (Å²) in [5, 5.41) is 17.7. The summed E-state index contributed by atoms with van der Waals surface area (Å²) < 4.78 is 1.66. The van der Waals surface area contributed by atoms with Crippen LogP contribution in [-0.4, -0.2) is 20.1 Å². The van der Waals surface area contributed by atoms with E-state index in [0.717, 1.165) is 29.8 Å². The van der Waals surface area contributed by atoms with Gasteiger partial charge in [0.1, 0.15) is 5.75 Å². The van der Waals surface area contributed by atoms with Crippen LogP contribution in [0.2, 0.25) is 0 Å². The van der Waals surface area contributed by atoms with Crippen LogP contribution in [0.25, 0.3) is 5.69 Å². The zero-order valence-electron chi connectivity index (χ0n) is 11.5. The summed E-state index contributed by atoms with van der Waals surface area (Å²) in [4.78, 5) is 0. The van der Waals surface area contributed by atoms with Gasteiger partial charge in [-0.1, -0.05) is 38.5 Å². The lowest BCUT2D eigenvalue weighted by molar-refractivity contribution is 0.467. The molecule has 0 atom stereocenters. The Labute approximate surface area is 108 Å². The fraction of sp³-hybridized carbons (Fsp3) is 0.429. The molecule has 2 rings (SSSR count). The second kappa shape index (κ2) is 6.79. The lowest BCUT2D eigenvalue weighted by atomic mass is 10.1. The number of aromatic nitrogens is 3. The molecule has 18 heavy (non-hydrogen) atoms. The average molecular weight is 247 g/mol. The van der Waals surface area contributed by atoms with Crippen molar-refractivity contribution in [2.24, 2.45) is 0 Å². The van der Waals surface area contributed by atoms with E-state index >= 15 is 0 Å². The predicted molar refractivity (Wildman–Crippen MR) is 73.1 cm³/mol. The largest absolute Gasteiger partial charge is 0.508 e. The summed E-state index contributed by atoms with van der Waals surface area (Å²) >= 11 is 0. The Kier molecular flexibility index (Phi) is 5.36. The van der Waals surface area contributed by atoms with E-state index in [4.69, 9.17) is 0 Å². The third-order valence-corrected chi connectivity index (χ3v) is 2.46. The predicted octanol–water partition coefficient (Wildman–Crippen LogP) is 3.26. The molecule has 0 radical (unpaired) electrons. The molecule has 4 nitrogen and oxygen atoms in total. The summed E-state index contributed by atoms with van der Waals surface area (Å²) in [5.74, 6) is 0.326. The van der Waals surface area contributed by atoms with Crippen LogP contribution in [-0.2, 0) is 6.42 Å². The van der Waals surface area contributed by atoms with Crippen molar-refractivity contribution in [1.29, 1.82) is 0 Å². The first-order valence-electron chi connectivity index (χ1n) is 6.42. The second-order valence-electron chi connectivity index (χ2n) is 3.87. The summed E-state index contributed by atoms with van der Waals surface area (Å²) in [7, 11) is 0. The molecule has 0 spiro atoms. The highest BCUT2D eigenvalue weighted by molar-refractivity contribution is 5.43. The third kappa shape index (κ3) is 3.32. The van der Waals surface area contributed by atoms with Gasteiger partial charge in [0.05, 0.1) is 17.6 Å². The maximum Gasteiger partial charge on any atom is 0.120 e. The molecule has 1 aromatic carbocycles. The molecule has 0 amide bonds. The van der Waals surface area contributed by atoms with Gasteiger partial charge in [0.15, 0.2) is 0 Å². The Hall–Kier alpha value is -1.84. The highest BCUT2D eigenvalue weighted by Crippen LogP contribution is 2.22. The lowest BCUT2D eigenvalue weighted by Gasteiger charge is -2.05. The fourth-order valence-electron chi connectivity index (χ4n) is 1.65. The maximum absolute atomic E-state index is 9.83. The molecule has 0 saturated heterocycles. The van der Waals surface area contributed by atoms with Crippen LogP contribution in [0.4, 0.5) is 0 Å². The second-order valence-corrected chi connectivity index (χ2v) is 3.87. The van der Waals surface area contributed by atoms with Gasteiger partial charge in [0.25, 0.3) is 0 Å². The van der Waals surface area contributed by atoms with Gasteiger partial charge in [-0.2, -0.15) is 0 Å². The quantitative estimate of drug-likeness (QED) is 0.905. The smallest absolute Gasteiger partial charge is 0.120 e. The first-order chi connectivity index (χ1) is 8.70.